The van der Waals surface area contributed by atoms with Crippen molar-refractivity contribution in [3.05, 3.63) is 95.1 Å². The Morgan fingerprint density at radius 2 is 1.44 bits per heavy atom. The molecule has 0 spiro atoms. The second-order valence-electron chi connectivity index (χ2n) is 11.3. The lowest BCUT2D eigenvalue weighted by Gasteiger charge is -2.32. The number of aryl methyl sites for hydroxylation is 2. The Balaban J connectivity index is 2.04. The Kier molecular flexibility index (Phi) is 10.7. The predicted molar refractivity (Wildman–Crippen MR) is 165 cm³/mol. The van der Waals surface area contributed by atoms with Gasteiger partial charge >= 0.3 is 0 Å². The number of benzene rings is 3. The molecule has 0 fully saturated rings. The summed E-state index contributed by atoms with van der Waals surface area (Å²) in [5, 5.41) is 2.92. The highest BCUT2D eigenvalue weighted by Crippen LogP contribution is 2.27. The minimum absolute atomic E-state index is 0.0945. The molecule has 0 saturated heterocycles. The molecule has 1 N–H and O–H groups in total. The van der Waals surface area contributed by atoms with E-state index in [4.69, 9.17) is 0 Å². The van der Waals surface area contributed by atoms with E-state index in [2.05, 4.69) is 19.2 Å². The Morgan fingerprint density at radius 3 is 2.00 bits per heavy atom. The molecule has 1 unspecified atom stereocenters. The molecule has 3 aromatic rings. The molecule has 0 aliphatic rings. The van der Waals surface area contributed by atoms with E-state index in [1.54, 1.807) is 43.3 Å². The van der Waals surface area contributed by atoms with Gasteiger partial charge in [0.05, 0.1) is 10.6 Å². The van der Waals surface area contributed by atoms with Gasteiger partial charge in [-0.3, -0.25) is 13.9 Å². The standard InChI is InChI=1S/C33H43N3O4S/c1-23(2)20-34-33(38)27(7)35(21-29-11-9-8-10-26(29)6)32(37)22-36(30-16-14-28(15-17-30)24(3)4)41(39,40)31-18-12-25(5)13-19-31/h8-19,23-24,27H,20-22H2,1-7H3,(H,34,38). The van der Waals surface area contributed by atoms with Crippen LogP contribution < -0.4 is 9.62 Å². The minimum atomic E-state index is -4.10. The van der Waals surface area contributed by atoms with Crippen LogP contribution >= 0.6 is 0 Å². The van der Waals surface area contributed by atoms with E-state index in [0.717, 1.165) is 26.6 Å². The molecule has 0 aliphatic heterocycles. The molecular weight excluding hydrogens is 534 g/mol. The van der Waals surface area contributed by atoms with Crippen molar-refractivity contribution in [1.29, 1.82) is 0 Å². The zero-order valence-corrected chi connectivity index (χ0v) is 26.0. The number of amides is 2. The fourth-order valence-corrected chi connectivity index (χ4v) is 5.81. The predicted octanol–water partition coefficient (Wildman–Crippen LogP) is 5.81. The first-order chi connectivity index (χ1) is 19.3. The van der Waals surface area contributed by atoms with Crippen LogP contribution in [0, 0.1) is 19.8 Å². The Bertz CT molecular complexity index is 1430. The van der Waals surface area contributed by atoms with Crippen LogP contribution in [-0.2, 0) is 26.2 Å². The molecule has 0 heterocycles. The summed E-state index contributed by atoms with van der Waals surface area (Å²) in [5.41, 5.74) is 4.24. The van der Waals surface area contributed by atoms with E-state index < -0.39 is 28.5 Å². The zero-order chi connectivity index (χ0) is 30.3. The number of nitrogens with zero attached hydrogens (tertiary/aromatic N) is 2. The number of carbonyl (C=O) groups is 2. The summed E-state index contributed by atoms with van der Waals surface area (Å²) in [6.45, 7) is 13.8. The monoisotopic (exact) mass is 577 g/mol. The van der Waals surface area contributed by atoms with Gasteiger partial charge in [-0.05, 0) is 73.6 Å². The van der Waals surface area contributed by atoms with E-state index >= 15 is 0 Å². The van der Waals surface area contributed by atoms with Gasteiger partial charge in [0, 0.05) is 13.1 Å². The average molecular weight is 578 g/mol. The summed E-state index contributed by atoms with van der Waals surface area (Å²) < 4.78 is 29.1. The topological polar surface area (TPSA) is 86.8 Å². The van der Waals surface area contributed by atoms with Gasteiger partial charge in [-0.25, -0.2) is 8.42 Å². The third kappa shape index (κ3) is 8.19. The van der Waals surface area contributed by atoms with Crippen molar-refractivity contribution in [2.75, 3.05) is 17.4 Å². The number of hydrogen-bond acceptors (Lipinski definition) is 4. The zero-order valence-electron chi connectivity index (χ0n) is 25.2. The van der Waals surface area contributed by atoms with Gasteiger partial charge in [0.15, 0.2) is 0 Å². The lowest BCUT2D eigenvalue weighted by atomic mass is 10.0. The lowest BCUT2D eigenvalue weighted by Crippen LogP contribution is -2.51. The molecule has 0 bridgehead atoms. The van der Waals surface area contributed by atoms with Crippen LogP contribution in [0.15, 0.2) is 77.7 Å². The molecule has 0 aromatic heterocycles. The Morgan fingerprint density at radius 1 is 0.829 bits per heavy atom. The number of anilines is 1. The smallest absolute Gasteiger partial charge is 0.264 e. The van der Waals surface area contributed by atoms with Crippen LogP contribution in [0.25, 0.3) is 0 Å². The summed E-state index contributed by atoms with van der Waals surface area (Å²) in [6, 6.07) is 20.7. The van der Waals surface area contributed by atoms with Crippen LogP contribution in [0.5, 0.6) is 0 Å². The highest BCUT2D eigenvalue weighted by atomic mass is 32.2. The molecule has 3 rings (SSSR count). The van der Waals surface area contributed by atoms with E-state index in [1.165, 1.54) is 4.90 Å². The number of sulfonamides is 1. The lowest BCUT2D eigenvalue weighted by molar-refractivity contribution is -0.139. The van der Waals surface area contributed by atoms with Gasteiger partial charge < -0.3 is 10.2 Å². The van der Waals surface area contributed by atoms with Gasteiger partial charge in [-0.1, -0.05) is 81.8 Å². The summed E-state index contributed by atoms with van der Waals surface area (Å²) in [6.07, 6.45) is 0. The van der Waals surface area contributed by atoms with Crippen LogP contribution in [0.2, 0.25) is 0 Å². The normalized spacial score (nSPS) is 12.3. The molecule has 7 nitrogen and oxygen atoms in total. The van der Waals surface area contributed by atoms with Crippen molar-refractivity contribution < 1.29 is 18.0 Å². The van der Waals surface area contributed by atoms with Crippen molar-refractivity contribution in [2.45, 2.75) is 71.9 Å². The van der Waals surface area contributed by atoms with E-state index in [0.29, 0.717) is 12.2 Å². The van der Waals surface area contributed by atoms with Gasteiger partial charge in [-0.15, -0.1) is 0 Å². The maximum Gasteiger partial charge on any atom is 0.264 e. The van der Waals surface area contributed by atoms with Crippen LogP contribution in [0.3, 0.4) is 0 Å². The van der Waals surface area contributed by atoms with E-state index in [9.17, 15) is 18.0 Å². The molecule has 3 aromatic carbocycles. The third-order valence-electron chi connectivity index (χ3n) is 7.19. The SMILES string of the molecule is Cc1ccc(S(=O)(=O)N(CC(=O)N(Cc2ccccc2C)C(C)C(=O)NCC(C)C)c2ccc(C(C)C)cc2)cc1. The molecule has 0 aliphatic carbocycles. The first-order valence-corrected chi connectivity index (χ1v) is 15.6. The maximum absolute atomic E-state index is 14.1. The molecule has 1 atom stereocenters. The molecule has 2 amide bonds. The largest absolute Gasteiger partial charge is 0.354 e. The summed E-state index contributed by atoms with van der Waals surface area (Å²) in [5.74, 6) is -0.239. The Labute approximate surface area is 245 Å². The summed E-state index contributed by atoms with van der Waals surface area (Å²) in [4.78, 5) is 28.8. The summed E-state index contributed by atoms with van der Waals surface area (Å²) >= 11 is 0. The first kappa shape index (κ1) is 31.9. The van der Waals surface area contributed by atoms with Crippen molar-refractivity contribution >= 4 is 27.5 Å². The highest BCUT2D eigenvalue weighted by Gasteiger charge is 2.32. The molecule has 0 saturated carbocycles. The fraction of sp³-hybridized carbons (Fsp3) is 0.394. The Hall–Kier alpha value is -3.65. The van der Waals surface area contributed by atoms with Crippen molar-refractivity contribution in [1.82, 2.24) is 10.2 Å². The van der Waals surface area contributed by atoms with Crippen molar-refractivity contribution in [3.8, 4) is 0 Å². The van der Waals surface area contributed by atoms with Gasteiger partial charge in [0.25, 0.3) is 10.0 Å². The first-order valence-electron chi connectivity index (χ1n) is 14.1. The van der Waals surface area contributed by atoms with Crippen LogP contribution in [0.4, 0.5) is 5.69 Å². The highest BCUT2D eigenvalue weighted by molar-refractivity contribution is 7.92. The maximum atomic E-state index is 14.1. The molecule has 8 heteroatoms. The van der Waals surface area contributed by atoms with Gasteiger partial charge in [0.2, 0.25) is 11.8 Å². The van der Waals surface area contributed by atoms with Crippen molar-refractivity contribution in [2.24, 2.45) is 5.92 Å². The molecular formula is C33H43N3O4S. The average Bonchev–Trinajstić information content (AvgIpc) is 2.93. The van der Waals surface area contributed by atoms with E-state index in [1.807, 2.05) is 64.1 Å². The molecule has 41 heavy (non-hydrogen) atoms. The quantitative estimate of drug-likeness (QED) is 0.294. The molecule has 220 valence electrons. The number of carbonyl (C=O) groups excluding carboxylic acids is 2. The van der Waals surface area contributed by atoms with E-state index in [-0.39, 0.29) is 29.2 Å². The van der Waals surface area contributed by atoms with Gasteiger partial charge in [0.1, 0.15) is 12.6 Å². The minimum Gasteiger partial charge on any atom is -0.354 e. The number of rotatable bonds is 12. The second-order valence-corrected chi connectivity index (χ2v) is 13.2. The number of hydrogen-bond donors (Lipinski definition) is 1. The fourth-order valence-electron chi connectivity index (χ4n) is 4.40. The third-order valence-corrected chi connectivity index (χ3v) is 8.98. The molecule has 0 radical (unpaired) electrons. The summed E-state index contributed by atoms with van der Waals surface area (Å²) in [7, 11) is -4.10. The van der Waals surface area contributed by atoms with Crippen LogP contribution in [0.1, 0.15) is 62.8 Å². The second kappa shape index (κ2) is 13.8. The van der Waals surface area contributed by atoms with Crippen molar-refractivity contribution in [3.63, 3.8) is 0 Å². The van der Waals surface area contributed by atoms with Gasteiger partial charge in [-0.2, -0.15) is 0 Å². The van der Waals surface area contributed by atoms with Crippen LogP contribution in [-0.4, -0.2) is 44.3 Å². The number of nitrogens with one attached hydrogen (secondary N) is 1.